The first kappa shape index (κ1) is 14.1. The molecule has 5 heteroatoms. The second-order valence-electron chi connectivity index (χ2n) is 4.88. The fraction of sp³-hybridized carbons (Fsp3) is 0.333. The van der Waals surface area contributed by atoms with Gasteiger partial charge in [0.25, 0.3) is 0 Å². The van der Waals surface area contributed by atoms with Crippen LogP contribution in [-0.4, -0.2) is 27.9 Å². The SMILES string of the molecule is Cc1cc(C)c(OCCc2cc(C(=O)O)n[nH]2)cc1C. The number of benzene rings is 1. The summed E-state index contributed by atoms with van der Waals surface area (Å²) in [5.74, 6) is -0.163. The Bertz CT molecular complexity index is 632. The van der Waals surface area contributed by atoms with E-state index in [0.29, 0.717) is 13.0 Å². The van der Waals surface area contributed by atoms with Crippen LogP contribution in [0.2, 0.25) is 0 Å². The molecule has 2 rings (SSSR count). The van der Waals surface area contributed by atoms with E-state index in [1.807, 2.05) is 13.0 Å². The number of carbonyl (C=O) groups is 1. The molecule has 0 aliphatic rings. The van der Waals surface area contributed by atoms with Crippen LogP contribution in [0.1, 0.15) is 32.9 Å². The largest absolute Gasteiger partial charge is 0.493 e. The van der Waals surface area contributed by atoms with Crippen molar-refractivity contribution in [3.05, 3.63) is 46.3 Å². The van der Waals surface area contributed by atoms with Gasteiger partial charge in [-0.3, -0.25) is 5.10 Å². The van der Waals surface area contributed by atoms with Crippen molar-refractivity contribution in [3.63, 3.8) is 0 Å². The third-order valence-electron chi connectivity index (χ3n) is 3.27. The van der Waals surface area contributed by atoms with E-state index in [0.717, 1.165) is 17.0 Å². The molecule has 0 saturated carbocycles. The van der Waals surface area contributed by atoms with E-state index in [9.17, 15) is 4.79 Å². The number of carboxylic acids is 1. The van der Waals surface area contributed by atoms with Crippen molar-refractivity contribution in [1.29, 1.82) is 0 Å². The van der Waals surface area contributed by atoms with Crippen LogP contribution in [0, 0.1) is 20.8 Å². The number of aromatic nitrogens is 2. The molecule has 0 bridgehead atoms. The van der Waals surface area contributed by atoms with E-state index in [2.05, 4.69) is 30.1 Å². The Morgan fingerprint density at radius 2 is 1.90 bits per heavy atom. The molecule has 106 valence electrons. The van der Waals surface area contributed by atoms with Crippen LogP contribution in [-0.2, 0) is 6.42 Å². The zero-order chi connectivity index (χ0) is 14.7. The minimum Gasteiger partial charge on any atom is -0.493 e. The first-order chi connectivity index (χ1) is 9.47. The van der Waals surface area contributed by atoms with E-state index in [4.69, 9.17) is 9.84 Å². The predicted molar refractivity (Wildman–Crippen MR) is 75.4 cm³/mol. The molecule has 0 saturated heterocycles. The predicted octanol–water partition coefficient (Wildman–Crippen LogP) is 2.65. The molecule has 20 heavy (non-hydrogen) atoms. The molecule has 0 unspecified atom stereocenters. The van der Waals surface area contributed by atoms with Gasteiger partial charge in [0.15, 0.2) is 5.69 Å². The van der Waals surface area contributed by atoms with Crippen LogP contribution in [0.5, 0.6) is 5.75 Å². The van der Waals surface area contributed by atoms with Gasteiger partial charge < -0.3 is 9.84 Å². The lowest BCUT2D eigenvalue weighted by Crippen LogP contribution is -2.03. The maximum atomic E-state index is 10.7. The van der Waals surface area contributed by atoms with Gasteiger partial charge in [-0.05, 0) is 49.6 Å². The lowest BCUT2D eigenvalue weighted by atomic mass is 10.1. The summed E-state index contributed by atoms with van der Waals surface area (Å²) in [6.07, 6.45) is 0.590. The minimum absolute atomic E-state index is 0.0300. The van der Waals surface area contributed by atoms with Crippen molar-refractivity contribution in [2.75, 3.05) is 6.61 Å². The number of hydrogen-bond acceptors (Lipinski definition) is 3. The zero-order valence-corrected chi connectivity index (χ0v) is 11.9. The number of carboxylic acid groups (broad SMARTS) is 1. The maximum absolute atomic E-state index is 10.7. The van der Waals surface area contributed by atoms with Crippen LogP contribution in [0.15, 0.2) is 18.2 Å². The third-order valence-corrected chi connectivity index (χ3v) is 3.27. The number of ether oxygens (including phenoxy) is 1. The monoisotopic (exact) mass is 274 g/mol. The third kappa shape index (κ3) is 3.17. The molecular formula is C15H18N2O3. The molecule has 0 radical (unpaired) electrons. The summed E-state index contributed by atoms with van der Waals surface area (Å²) in [5, 5.41) is 15.2. The van der Waals surface area contributed by atoms with Crippen molar-refractivity contribution in [1.82, 2.24) is 10.2 Å². The second kappa shape index (κ2) is 5.77. The van der Waals surface area contributed by atoms with E-state index in [1.54, 1.807) is 0 Å². The average molecular weight is 274 g/mol. The first-order valence-electron chi connectivity index (χ1n) is 6.45. The molecule has 1 aromatic heterocycles. The molecule has 2 N–H and O–H groups in total. The standard InChI is InChI=1S/C15H18N2O3/c1-9-6-11(3)14(7-10(9)2)20-5-4-12-8-13(15(18)19)17-16-12/h6-8H,4-5H2,1-3H3,(H,16,17)(H,18,19). The highest BCUT2D eigenvalue weighted by atomic mass is 16.5. The summed E-state index contributed by atoms with van der Waals surface area (Å²) in [4.78, 5) is 10.7. The van der Waals surface area contributed by atoms with Gasteiger partial charge in [-0.2, -0.15) is 5.10 Å². The quantitative estimate of drug-likeness (QED) is 0.879. The van der Waals surface area contributed by atoms with E-state index >= 15 is 0 Å². The van der Waals surface area contributed by atoms with Gasteiger partial charge in [0.1, 0.15) is 5.75 Å². The normalized spacial score (nSPS) is 10.6. The molecule has 5 nitrogen and oxygen atoms in total. The highest BCUT2D eigenvalue weighted by Gasteiger charge is 2.08. The van der Waals surface area contributed by atoms with E-state index in [1.165, 1.54) is 17.2 Å². The Labute approximate surface area is 117 Å². The van der Waals surface area contributed by atoms with Crippen LogP contribution in [0.25, 0.3) is 0 Å². The number of nitrogens with one attached hydrogen (secondary N) is 1. The molecule has 0 aliphatic heterocycles. The van der Waals surface area contributed by atoms with Crippen molar-refractivity contribution in [2.24, 2.45) is 0 Å². The molecule has 1 aromatic carbocycles. The summed E-state index contributed by atoms with van der Waals surface area (Å²) < 4.78 is 5.75. The molecule has 0 amide bonds. The number of aryl methyl sites for hydroxylation is 3. The van der Waals surface area contributed by atoms with Crippen molar-refractivity contribution >= 4 is 5.97 Å². The van der Waals surface area contributed by atoms with Crippen LogP contribution in [0.4, 0.5) is 0 Å². The second-order valence-corrected chi connectivity index (χ2v) is 4.88. The van der Waals surface area contributed by atoms with Gasteiger partial charge in [-0.1, -0.05) is 6.07 Å². The van der Waals surface area contributed by atoms with Gasteiger partial charge in [0.2, 0.25) is 0 Å². The summed E-state index contributed by atoms with van der Waals surface area (Å²) in [6.45, 7) is 6.62. The maximum Gasteiger partial charge on any atom is 0.356 e. The molecule has 0 fully saturated rings. The topological polar surface area (TPSA) is 75.2 Å². The Balaban J connectivity index is 1.95. The first-order valence-corrected chi connectivity index (χ1v) is 6.45. The molecule has 1 heterocycles. The number of nitrogens with zero attached hydrogens (tertiary/aromatic N) is 1. The number of aromatic carboxylic acids is 1. The molecule has 0 spiro atoms. The Kier molecular flexibility index (Phi) is 4.08. The van der Waals surface area contributed by atoms with Gasteiger partial charge in [0, 0.05) is 12.1 Å². The Morgan fingerprint density at radius 1 is 1.20 bits per heavy atom. The summed E-state index contributed by atoms with van der Waals surface area (Å²) in [6, 6.07) is 5.66. The van der Waals surface area contributed by atoms with Gasteiger partial charge >= 0.3 is 5.97 Å². The van der Waals surface area contributed by atoms with Crippen molar-refractivity contribution in [3.8, 4) is 5.75 Å². The van der Waals surface area contributed by atoms with Gasteiger partial charge in [0.05, 0.1) is 6.61 Å². The van der Waals surface area contributed by atoms with E-state index < -0.39 is 5.97 Å². The fourth-order valence-corrected chi connectivity index (χ4v) is 1.96. The lowest BCUT2D eigenvalue weighted by molar-refractivity contribution is 0.0690. The number of H-pyrrole nitrogens is 1. The Hall–Kier alpha value is -2.30. The van der Waals surface area contributed by atoms with Gasteiger partial charge in [-0.15, -0.1) is 0 Å². The Morgan fingerprint density at radius 3 is 2.55 bits per heavy atom. The smallest absolute Gasteiger partial charge is 0.356 e. The highest BCUT2D eigenvalue weighted by Crippen LogP contribution is 2.22. The lowest BCUT2D eigenvalue weighted by Gasteiger charge is -2.11. The van der Waals surface area contributed by atoms with Crippen molar-refractivity contribution in [2.45, 2.75) is 27.2 Å². The fourth-order valence-electron chi connectivity index (χ4n) is 1.96. The average Bonchev–Trinajstić information content (AvgIpc) is 2.84. The molecule has 2 aromatic rings. The van der Waals surface area contributed by atoms with Crippen LogP contribution >= 0.6 is 0 Å². The van der Waals surface area contributed by atoms with Crippen LogP contribution in [0.3, 0.4) is 0 Å². The number of rotatable bonds is 5. The highest BCUT2D eigenvalue weighted by molar-refractivity contribution is 5.85. The number of aromatic amines is 1. The van der Waals surface area contributed by atoms with Crippen LogP contribution < -0.4 is 4.74 Å². The van der Waals surface area contributed by atoms with E-state index in [-0.39, 0.29) is 5.69 Å². The summed E-state index contributed by atoms with van der Waals surface area (Å²) >= 11 is 0. The van der Waals surface area contributed by atoms with Crippen molar-refractivity contribution < 1.29 is 14.6 Å². The molecule has 0 aliphatic carbocycles. The molecular weight excluding hydrogens is 256 g/mol. The number of hydrogen-bond donors (Lipinski definition) is 2. The summed E-state index contributed by atoms with van der Waals surface area (Å²) in [7, 11) is 0. The van der Waals surface area contributed by atoms with Gasteiger partial charge in [-0.25, -0.2) is 4.79 Å². The molecule has 0 atom stereocenters. The minimum atomic E-state index is -1.03. The summed E-state index contributed by atoms with van der Waals surface area (Å²) in [5.41, 5.74) is 4.32. The zero-order valence-electron chi connectivity index (χ0n) is 11.9.